The number of amides is 2. The second-order valence-electron chi connectivity index (χ2n) is 8.41. The number of oxazole rings is 1. The van der Waals surface area contributed by atoms with Gasteiger partial charge in [0.2, 0.25) is 5.91 Å². The first kappa shape index (κ1) is 17.0. The van der Waals surface area contributed by atoms with Crippen LogP contribution in [0.4, 0.5) is 0 Å². The van der Waals surface area contributed by atoms with Gasteiger partial charge in [-0.3, -0.25) is 9.59 Å². The number of hydrogen-bond donors (Lipinski definition) is 0. The summed E-state index contributed by atoms with van der Waals surface area (Å²) in [6.45, 7) is 10.9. The Labute approximate surface area is 143 Å². The van der Waals surface area contributed by atoms with Gasteiger partial charge in [0, 0.05) is 26.2 Å². The van der Waals surface area contributed by atoms with Gasteiger partial charge in [-0.2, -0.15) is 0 Å². The van der Waals surface area contributed by atoms with Crippen molar-refractivity contribution in [2.45, 2.75) is 47.0 Å². The Bertz CT molecular complexity index is 646. The molecule has 1 aromatic heterocycles. The van der Waals surface area contributed by atoms with Gasteiger partial charge >= 0.3 is 0 Å². The van der Waals surface area contributed by atoms with Crippen LogP contribution in [0.1, 0.15) is 56.3 Å². The van der Waals surface area contributed by atoms with E-state index < -0.39 is 5.41 Å². The molecular weight excluding hydrogens is 306 g/mol. The number of aromatic nitrogens is 1. The Morgan fingerprint density at radius 1 is 1.33 bits per heavy atom. The van der Waals surface area contributed by atoms with Crippen LogP contribution in [0.15, 0.2) is 10.8 Å². The van der Waals surface area contributed by atoms with Crippen molar-refractivity contribution in [1.82, 2.24) is 14.8 Å². The summed E-state index contributed by atoms with van der Waals surface area (Å²) in [6, 6.07) is 0. The molecule has 2 aliphatic rings. The second-order valence-corrected chi connectivity index (χ2v) is 8.41. The summed E-state index contributed by atoms with van der Waals surface area (Å²) in [6.07, 6.45) is 3.92. The van der Waals surface area contributed by atoms with Crippen molar-refractivity contribution in [2.75, 3.05) is 26.2 Å². The van der Waals surface area contributed by atoms with E-state index in [2.05, 4.69) is 25.8 Å². The quantitative estimate of drug-likeness (QED) is 0.834. The van der Waals surface area contributed by atoms with Gasteiger partial charge in [-0.15, -0.1) is 0 Å². The summed E-state index contributed by atoms with van der Waals surface area (Å²) in [5.74, 6) is 0.625. The minimum Gasteiger partial charge on any atom is -0.448 e. The third kappa shape index (κ3) is 3.06. The van der Waals surface area contributed by atoms with E-state index >= 15 is 0 Å². The minimum atomic E-state index is -0.406. The number of likely N-dealkylation sites (tertiary alicyclic amines) is 2. The molecule has 0 saturated carbocycles. The fourth-order valence-electron chi connectivity index (χ4n) is 3.96. The molecule has 3 heterocycles. The maximum absolute atomic E-state index is 13.1. The molecule has 6 heteroatoms. The molecule has 2 saturated heterocycles. The smallest absolute Gasteiger partial charge is 0.276 e. The predicted molar refractivity (Wildman–Crippen MR) is 89.5 cm³/mol. The zero-order chi connectivity index (χ0) is 17.5. The molecule has 2 fully saturated rings. The van der Waals surface area contributed by atoms with Gasteiger partial charge < -0.3 is 14.2 Å². The van der Waals surface area contributed by atoms with Gasteiger partial charge in [0.15, 0.2) is 12.1 Å². The average molecular weight is 333 g/mol. The molecule has 0 radical (unpaired) electrons. The van der Waals surface area contributed by atoms with Crippen LogP contribution in [0.25, 0.3) is 0 Å². The number of nitrogens with zero attached hydrogens (tertiary/aromatic N) is 3. The Balaban J connectivity index is 1.74. The molecule has 0 aliphatic carbocycles. The first-order chi connectivity index (χ1) is 11.2. The SMILES string of the molecule is Cc1ocnc1C(=O)N1CC[C@]2(CCCN(CC(C)(C)C)C2=O)C1. The van der Waals surface area contributed by atoms with Crippen LogP contribution in [0.5, 0.6) is 0 Å². The molecule has 24 heavy (non-hydrogen) atoms. The highest BCUT2D eigenvalue weighted by Crippen LogP contribution is 2.41. The Morgan fingerprint density at radius 3 is 2.71 bits per heavy atom. The number of hydrogen-bond acceptors (Lipinski definition) is 4. The highest BCUT2D eigenvalue weighted by molar-refractivity contribution is 5.94. The fourth-order valence-corrected chi connectivity index (χ4v) is 3.96. The molecule has 0 bridgehead atoms. The van der Waals surface area contributed by atoms with E-state index in [1.807, 2.05) is 4.90 Å². The van der Waals surface area contributed by atoms with Crippen molar-refractivity contribution >= 4 is 11.8 Å². The molecule has 0 N–H and O–H groups in total. The van der Waals surface area contributed by atoms with E-state index in [-0.39, 0.29) is 17.2 Å². The van der Waals surface area contributed by atoms with Crippen LogP contribution in [-0.2, 0) is 4.79 Å². The molecule has 132 valence electrons. The second kappa shape index (κ2) is 5.90. The monoisotopic (exact) mass is 333 g/mol. The molecular formula is C18H27N3O3. The number of carbonyl (C=O) groups excluding carboxylic acids is 2. The van der Waals surface area contributed by atoms with Gasteiger partial charge in [0.1, 0.15) is 5.76 Å². The molecule has 2 amide bonds. The van der Waals surface area contributed by atoms with Gasteiger partial charge in [0.05, 0.1) is 5.41 Å². The van der Waals surface area contributed by atoms with E-state index in [1.165, 1.54) is 6.39 Å². The third-order valence-corrected chi connectivity index (χ3v) is 5.08. The summed E-state index contributed by atoms with van der Waals surface area (Å²) in [5, 5.41) is 0. The maximum atomic E-state index is 13.1. The lowest BCUT2D eigenvalue weighted by Gasteiger charge is -2.41. The van der Waals surface area contributed by atoms with Crippen molar-refractivity contribution in [3.8, 4) is 0 Å². The van der Waals surface area contributed by atoms with E-state index in [4.69, 9.17) is 4.42 Å². The molecule has 3 rings (SSSR count). The normalized spacial score (nSPS) is 24.9. The van der Waals surface area contributed by atoms with Gasteiger partial charge in [0.25, 0.3) is 5.91 Å². The van der Waals surface area contributed by atoms with Crippen LogP contribution < -0.4 is 0 Å². The van der Waals surface area contributed by atoms with Crippen LogP contribution in [0.2, 0.25) is 0 Å². The molecule has 1 atom stereocenters. The van der Waals surface area contributed by atoms with E-state index in [1.54, 1.807) is 11.8 Å². The average Bonchev–Trinajstić information content (AvgIpc) is 3.10. The van der Waals surface area contributed by atoms with Crippen LogP contribution in [0.3, 0.4) is 0 Å². The van der Waals surface area contributed by atoms with Crippen molar-refractivity contribution in [2.24, 2.45) is 10.8 Å². The molecule has 0 aromatic carbocycles. The molecule has 1 aromatic rings. The molecule has 0 unspecified atom stereocenters. The van der Waals surface area contributed by atoms with E-state index in [9.17, 15) is 9.59 Å². The Kier molecular flexibility index (Phi) is 4.18. The van der Waals surface area contributed by atoms with E-state index in [0.717, 1.165) is 32.4 Å². The maximum Gasteiger partial charge on any atom is 0.276 e. The standard InChI is InChI=1S/C18H27N3O3/c1-13-14(19-12-24-13)15(22)20-9-7-18(11-20)6-5-8-21(16(18)23)10-17(2,3)4/h12H,5-11H2,1-4H3/t18-/m1/s1. The van der Waals surface area contributed by atoms with Crippen molar-refractivity contribution in [3.05, 3.63) is 17.8 Å². The zero-order valence-electron chi connectivity index (χ0n) is 15.1. The van der Waals surface area contributed by atoms with Gasteiger partial charge in [-0.25, -0.2) is 4.98 Å². The zero-order valence-corrected chi connectivity index (χ0v) is 15.1. The summed E-state index contributed by atoms with van der Waals surface area (Å²) >= 11 is 0. The van der Waals surface area contributed by atoms with Gasteiger partial charge in [-0.1, -0.05) is 20.8 Å². The highest BCUT2D eigenvalue weighted by Gasteiger charge is 2.50. The van der Waals surface area contributed by atoms with Crippen LogP contribution >= 0.6 is 0 Å². The summed E-state index contributed by atoms with van der Waals surface area (Å²) in [5.41, 5.74) is 0.0403. The van der Waals surface area contributed by atoms with Crippen LogP contribution in [-0.4, -0.2) is 52.8 Å². The van der Waals surface area contributed by atoms with Crippen molar-refractivity contribution in [3.63, 3.8) is 0 Å². The highest BCUT2D eigenvalue weighted by atomic mass is 16.3. The third-order valence-electron chi connectivity index (χ3n) is 5.08. The van der Waals surface area contributed by atoms with E-state index in [0.29, 0.717) is 24.5 Å². The molecule has 2 aliphatic heterocycles. The summed E-state index contributed by atoms with van der Waals surface area (Å²) in [4.78, 5) is 33.5. The van der Waals surface area contributed by atoms with Crippen LogP contribution in [0, 0.1) is 17.8 Å². The number of aryl methyl sites for hydroxylation is 1. The number of rotatable bonds is 2. The topological polar surface area (TPSA) is 66.7 Å². The first-order valence-electron chi connectivity index (χ1n) is 8.71. The lowest BCUT2D eigenvalue weighted by atomic mass is 9.77. The Hall–Kier alpha value is -1.85. The number of piperidine rings is 1. The first-order valence-corrected chi connectivity index (χ1v) is 8.71. The largest absolute Gasteiger partial charge is 0.448 e. The fraction of sp³-hybridized carbons (Fsp3) is 0.722. The lowest BCUT2D eigenvalue weighted by molar-refractivity contribution is -0.146. The summed E-state index contributed by atoms with van der Waals surface area (Å²) in [7, 11) is 0. The van der Waals surface area contributed by atoms with Crippen molar-refractivity contribution < 1.29 is 14.0 Å². The molecule has 6 nitrogen and oxygen atoms in total. The Morgan fingerprint density at radius 2 is 2.08 bits per heavy atom. The minimum absolute atomic E-state index is 0.0835. The lowest BCUT2D eigenvalue weighted by Crippen LogP contribution is -2.52. The number of carbonyl (C=O) groups is 2. The van der Waals surface area contributed by atoms with Gasteiger partial charge in [-0.05, 0) is 31.6 Å². The van der Waals surface area contributed by atoms with Crippen molar-refractivity contribution in [1.29, 1.82) is 0 Å². The molecule has 1 spiro atoms. The predicted octanol–water partition coefficient (Wildman–Crippen LogP) is 2.48. The summed E-state index contributed by atoms with van der Waals surface area (Å²) < 4.78 is 5.14.